The van der Waals surface area contributed by atoms with Crippen LogP contribution < -0.4 is 9.64 Å². The van der Waals surface area contributed by atoms with E-state index in [9.17, 15) is 9.18 Å². The number of ether oxygens (including phenoxy) is 1. The van der Waals surface area contributed by atoms with Gasteiger partial charge in [0.25, 0.3) is 0 Å². The highest BCUT2D eigenvalue weighted by Crippen LogP contribution is 2.38. The van der Waals surface area contributed by atoms with Crippen LogP contribution in [0.15, 0.2) is 47.0 Å². The maximum atomic E-state index is 13.9. The van der Waals surface area contributed by atoms with Gasteiger partial charge < -0.3 is 14.2 Å². The summed E-state index contributed by atoms with van der Waals surface area (Å²) in [5.74, 6) is 0.170. The van der Waals surface area contributed by atoms with Gasteiger partial charge in [-0.1, -0.05) is 28.9 Å². The Balaban J connectivity index is 1.60. The van der Waals surface area contributed by atoms with Gasteiger partial charge in [0, 0.05) is 18.0 Å². The monoisotopic (exact) mass is 387 g/mol. The van der Waals surface area contributed by atoms with E-state index in [4.69, 9.17) is 20.9 Å². The first-order valence-electron chi connectivity index (χ1n) is 8.29. The van der Waals surface area contributed by atoms with Gasteiger partial charge in [-0.25, -0.2) is 4.39 Å². The SMILES string of the molecule is COc1ccc(Cl)cc1N1C[C@@H](c2nc(-c3ccccc3F)no2)CC1=O. The maximum Gasteiger partial charge on any atom is 0.232 e. The third-order valence-corrected chi connectivity index (χ3v) is 4.70. The van der Waals surface area contributed by atoms with Gasteiger partial charge in [0.15, 0.2) is 0 Å². The number of hydrogen-bond donors (Lipinski definition) is 0. The van der Waals surface area contributed by atoms with Crippen molar-refractivity contribution < 1.29 is 18.4 Å². The Labute approximate surface area is 159 Å². The molecule has 1 aromatic heterocycles. The molecule has 1 fully saturated rings. The van der Waals surface area contributed by atoms with E-state index in [1.807, 2.05) is 0 Å². The van der Waals surface area contributed by atoms with Gasteiger partial charge in [-0.15, -0.1) is 0 Å². The lowest BCUT2D eigenvalue weighted by atomic mass is 10.1. The second-order valence-corrected chi connectivity index (χ2v) is 6.59. The van der Waals surface area contributed by atoms with Crippen LogP contribution >= 0.6 is 11.6 Å². The van der Waals surface area contributed by atoms with Gasteiger partial charge >= 0.3 is 0 Å². The quantitative estimate of drug-likeness (QED) is 0.675. The van der Waals surface area contributed by atoms with Crippen LogP contribution in [0.5, 0.6) is 5.75 Å². The number of carbonyl (C=O) groups is 1. The highest BCUT2D eigenvalue weighted by Gasteiger charge is 2.36. The topological polar surface area (TPSA) is 68.5 Å². The largest absolute Gasteiger partial charge is 0.495 e. The minimum Gasteiger partial charge on any atom is -0.495 e. The number of carbonyl (C=O) groups excluding carboxylic acids is 1. The van der Waals surface area contributed by atoms with Crippen molar-refractivity contribution >= 4 is 23.2 Å². The summed E-state index contributed by atoms with van der Waals surface area (Å²) in [6, 6.07) is 11.3. The van der Waals surface area contributed by atoms with Crippen molar-refractivity contribution in [2.45, 2.75) is 12.3 Å². The van der Waals surface area contributed by atoms with E-state index in [1.165, 1.54) is 13.2 Å². The number of aromatic nitrogens is 2. The molecule has 4 rings (SSSR count). The molecule has 2 heterocycles. The molecule has 138 valence electrons. The fourth-order valence-corrected chi connectivity index (χ4v) is 3.30. The molecule has 6 nitrogen and oxygen atoms in total. The number of anilines is 1. The summed E-state index contributed by atoms with van der Waals surface area (Å²) in [6.07, 6.45) is 0.203. The van der Waals surface area contributed by atoms with E-state index in [-0.39, 0.29) is 29.6 Å². The van der Waals surface area contributed by atoms with Gasteiger partial charge in [-0.2, -0.15) is 4.98 Å². The van der Waals surface area contributed by atoms with Crippen molar-refractivity contribution in [1.82, 2.24) is 10.1 Å². The summed E-state index contributed by atoms with van der Waals surface area (Å²) in [4.78, 5) is 18.4. The van der Waals surface area contributed by atoms with E-state index in [0.29, 0.717) is 28.9 Å². The molecule has 0 unspecified atom stereocenters. The van der Waals surface area contributed by atoms with Crippen molar-refractivity contribution in [3.05, 3.63) is 59.2 Å². The van der Waals surface area contributed by atoms with Crippen LogP contribution in [0.3, 0.4) is 0 Å². The van der Waals surface area contributed by atoms with Gasteiger partial charge in [-0.3, -0.25) is 4.79 Å². The fraction of sp³-hybridized carbons (Fsp3) is 0.211. The Morgan fingerprint density at radius 3 is 2.89 bits per heavy atom. The molecule has 0 radical (unpaired) electrons. The van der Waals surface area contributed by atoms with E-state index in [1.54, 1.807) is 41.3 Å². The van der Waals surface area contributed by atoms with E-state index >= 15 is 0 Å². The zero-order valence-corrected chi connectivity index (χ0v) is 15.1. The smallest absolute Gasteiger partial charge is 0.232 e. The highest BCUT2D eigenvalue weighted by molar-refractivity contribution is 6.31. The molecule has 1 saturated heterocycles. The van der Waals surface area contributed by atoms with Crippen LogP contribution in [0.1, 0.15) is 18.2 Å². The van der Waals surface area contributed by atoms with Crippen molar-refractivity contribution in [2.24, 2.45) is 0 Å². The van der Waals surface area contributed by atoms with Gasteiger partial charge in [0.05, 0.1) is 24.3 Å². The molecule has 0 aliphatic carbocycles. The summed E-state index contributed by atoms with van der Waals surface area (Å²) in [7, 11) is 1.53. The second kappa shape index (κ2) is 7.00. The van der Waals surface area contributed by atoms with Crippen LogP contribution in [0.25, 0.3) is 11.4 Å². The number of methoxy groups -OCH3 is 1. The van der Waals surface area contributed by atoms with Crippen LogP contribution in [0, 0.1) is 5.82 Å². The molecular weight excluding hydrogens is 373 g/mol. The molecule has 1 aliphatic heterocycles. The van der Waals surface area contributed by atoms with Crippen LogP contribution in [-0.2, 0) is 4.79 Å². The predicted molar refractivity (Wildman–Crippen MR) is 97.4 cm³/mol. The molecule has 0 saturated carbocycles. The van der Waals surface area contributed by atoms with Crippen molar-refractivity contribution in [1.29, 1.82) is 0 Å². The molecule has 0 N–H and O–H groups in total. The number of amides is 1. The summed E-state index contributed by atoms with van der Waals surface area (Å²) < 4.78 is 24.6. The Morgan fingerprint density at radius 2 is 2.11 bits per heavy atom. The first-order chi connectivity index (χ1) is 13.1. The summed E-state index contributed by atoms with van der Waals surface area (Å²) in [6.45, 7) is 0.342. The summed E-state index contributed by atoms with van der Waals surface area (Å²) >= 11 is 6.07. The molecule has 8 heteroatoms. The minimum absolute atomic E-state index is 0.105. The summed E-state index contributed by atoms with van der Waals surface area (Å²) in [5, 5.41) is 4.36. The predicted octanol–water partition coefficient (Wildman–Crippen LogP) is 4.06. The van der Waals surface area contributed by atoms with Crippen molar-refractivity contribution in [3.63, 3.8) is 0 Å². The van der Waals surface area contributed by atoms with Crippen molar-refractivity contribution in [2.75, 3.05) is 18.6 Å². The lowest BCUT2D eigenvalue weighted by Gasteiger charge is -2.19. The van der Waals surface area contributed by atoms with E-state index < -0.39 is 5.82 Å². The number of rotatable bonds is 4. The van der Waals surface area contributed by atoms with Crippen molar-refractivity contribution in [3.8, 4) is 17.1 Å². The molecule has 3 aromatic rings. The third-order valence-electron chi connectivity index (χ3n) is 4.46. The first kappa shape index (κ1) is 17.5. The molecule has 1 atom stereocenters. The van der Waals surface area contributed by atoms with E-state index in [2.05, 4.69) is 10.1 Å². The van der Waals surface area contributed by atoms with Crippen LogP contribution in [0.4, 0.5) is 10.1 Å². The van der Waals surface area contributed by atoms with Crippen LogP contribution in [0.2, 0.25) is 5.02 Å². The molecule has 0 spiro atoms. The Morgan fingerprint density at radius 1 is 1.30 bits per heavy atom. The number of hydrogen-bond acceptors (Lipinski definition) is 5. The zero-order valence-electron chi connectivity index (χ0n) is 14.4. The molecule has 0 bridgehead atoms. The minimum atomic E-state index is -0.433. The Kier molecular flexibility index (Phi) is 4.53. The molecule has 2 aromatic carbocycles. The number of benzene rings is 2. The normalized spacial score (nSPS) is 16.8. The average Bonchev–Trinajstić information content (AvgIpc) is 3.29. The highest BCUT2D eigenvalue weighted by atomic mass is 35.5. The first-order valence-corrected chi connectivity index (χ1v) is 8.67. The second-order valence-electron chi connectivity index (χ2n) is 6.16. The lowest BCUT2D eigenvalue weighted by Crippen LogP contribution is -2.24. The van der Waals surface area contributed by atoms with Gasteiger partial charge in [-0.05, 0) is 30.3 Å². The zero-order chi connectivity index (χ0) is 19.0. The van der Waals surface area contributed by atoms with Crippen LogP contribution in [-0.4, -0.2) is 29.7 Å². The van der Waals surface area contributed by atoms with E-state index in [0.717, 1.165) is 0 Å². The Hall–Kier alpha value is -2.93. The standard InChI is InChI=1S/C19H15ClFN3O3/c1-26-16-7-6-12(20)9-15(16)24-10-11(8-17(24)25)19-22-18(23-27-19)13-4-2-3-5-14(13)21/h2-7,9,11H,8,10H2,1H3/t11-/m0/s1. The van der Waals surface area contributed by atoms with Gasteiger partial charge in [0.1, 0.15) is 11.6 Å². The maximum absolute atomic E-state index is 13.9. The number of halogens is 2. The molecule has 1 aliphatic rings. The Bertz CT molecular complexity index is 1010. The molecule has 1 amide bonds. The molecule has 27 heavy (non-hydrogen) atoms. The lowest BCUT2D eigenvalue weighted by molar-refractivity contribution is -0.117. The average molecular weight is 388 g/mol. The third kappa shape index (κ3) is 3.26. The summed E-state index contributed by atoms with van der Waals surface area (Å²) in [5.41, 5.74) is 0.844. The number of nitrogens with zero attached hydrogens (tertiary/aromatic N) is 3. The fourth-order valence-electron chi connectivity index (χ4n) is 3.13. The molecular formula is C19H15ClFN3O3. The van der Waals surface area contributed by atoms with Gasteiger partial charge in [0.2, 0.25) is 17.6 Å².